The Hall–Kier alpha value is -1.87. The van der Waals surface area contributed by atoms with Gasteiger partial charge in [0.15, 0.2) is 6.54 Å². The van der Waals surface area contributed by atoms with Crippen LogP contribution >= 0.6 is 27.5 Å². The number of carbonyl (C=O) groups is 1. The van der Waals surface area contributed by atoms with Gasteiger partial charge in [0, 0.05) is 22.1 Å². The minimum atomic E-state index is -0.105. The lowest BCUT2D eigenvalue weighted by Gasteiger charge is -2.14. The highest BCUT2D eigenvalue weighted by Gasteiger charge is 2.15. The second-order valence-corrected chi connectivity index (χ2v) is 6.68. The molecule has 1 amide bonds. The summed E-state index contributed by atoms with van der Waals surface area (Å²) < 4.78 is 1.04. The second-order valence-electron chi connectivity index (χ2n) is 5.36. The van der Waals surface area contributed by atoms with E-state index in [1.165, 1.54) is 5.56 Å². The van der Waals surface area contributed by atoms with E-state index in [0.29, 0.717) is 22.8 Å². The van der Waals surface area contributed by atoms with E-state index in [2.05, 4.69) is 40.3 Å². The number of nitrogens with one attached hydrogen (secondary N) is 1. The van der Waals surface area contributed by atoms with Crippen molar-refractivity contribution in [1.82, 2.24) is 0 Å². The standard InChI is InChI=1S/C18H17BrClN3O/c1-2-17(12-3-6-14(19)7-4-12)22-11-18(24)23-15-8-5-13(10-21)16(20)9-15/h3-9,17,22H,2,11H2,1H3,(H,23,24)/p+1/t17-/m1/s1. The molecule has 2 aromatic rings. The fourth-order valence-electron chi connectivity index (χ4n) is 2.39. The molecule has 124 valence electrons. The SMILES string of the molecule is CC[C@@H]([NH2+]CC(=O)Nc1ccc(C#N)c(Cl)c1)c1ccc(Br)cc1. The largest absolute Gasteiger partial charge is 0.332 e. The van der Waals surface area contributed by atoms with Crippen molar-refractivity contribution in [3.8, 4) is 6.07 Å². The Morgan fingerprint density at radius 3 is 2.62 bits per heavy atom. The number of hydrogen-bond acceptors (Lipinski definition) is 2. The normalized spacial score (nSPS) is 11.6. The summed E-state index contributed by atoms with van der Waals surface area (Å²) in [5.74, 6) is -0.105. The van der Waals surface area contributed by atoms with Gasteiger partial charge in [-0.1, -0.05) is 46.6 Å². The molecule has 0 saturated carbocycles. The average molecular weight is 408 g/mol. The van der Waals surface area contributed by atoms with Gasteiger partial charge in [0.25, 0.3) is 5.91 Å². The number of hydrogen-bond donors (Lipinski definition) is 2. The van der Waals surface area contributed by atoms with Crippen LogP contribution in [-0.2, 0) is 4.79 Å². The predicted octanol–water partition coefficient (Wildman–Crippen LogP) is 3.63. The molecule has 0 aliphatic heterocycles. The highest BCUT2D eigenvalue weighted by atomic mass is 79.9. The molecule has 0 unspecified atom stereocenters. The molecular formula is C18H18BrClN3O+. The zero-order chi connectivity index (χ0) is 17.5. The van der Waals surface area contributed by atoms with E-state index < -0.39 is 0 Å². The fraction of sp³-hybridized carbons (Fsp3) is 0.222. The minimum Gasteiger partial charge on any atom is -0.332 e. The number of benzene rings is 2. The first-order valence-electron chi connectivity index (χ1n) is 7.61. The van der Waals surface area contributed by atoms with Crippen molar-refractivity contribution in [2.24, 2.45) is 0 Å². The number of halogens is 2. The zero-order valence-corrected chi connectivity index (χ0v) is 15.6. The third-order valence-electron chi connectivity index (χ3n) is 3.70. The molecule has 1 atom stereocenters. The second kappa shape index (κ2) is 8.84. The van der Waals surface area contributed by atoms with E-state index in [9.17, 15) is 4.79 Å². The number of nitriles is 1. The van der Waals surface area contributed by atoms with Crippen molar-refractivity contribution in [3.05, 3.63) is 63.1 Å². The van der Waals surface area contributed by atoms with Crippen LogP contribution in [0.5, 0.6) is 0 Å². The van der Waals surface area contributed by atoms with Crippen molar-refractivity contribution >= 4 is 39.1 Å². The highest BCUT2D eigenvalue weighted by Crippen LogP contribution is 2.20. The van der Waals surface area contributed by atoms with Crippen LogP contribution in [0, 0.1) is 11.3 Å². The topological polar surface area (TPSA) is 69.5 Å². The number of anilines is 1. The van der Waals surface area contributed by atoms with E-state index in [1.54, 1.807) is 18.2 Å². The van der Waals surface area contributed by atoms with Crippen LogP contribution in [0.3, 0.4) is 0 Å². The van der Waals surface area contributed by atoms with Crippen LogP contribution in [0.2, 0.25) is 5.02 Å². The molecule has 3 N–H and O–H groups in total. The number of nitrogens with zero attached hydrogens (tertiary/aromatic N) is 1. The maximum atomic E-state index is 12.1. The van der Waals surface area contributed by atoms with Crippen LogP contribution < -0.4 is 10.6 Å². The minimum absolute atomic E-state index is 0.105. The Kier molecular flexibility index (Phi) is 6.80. The van der Waals surface area contributed by atoms with Crippen LogP contribution in [0.1, 0.15) is 30.5 Å². The van der Waals surface area contributed by atoms with Gasteiger partial charge >= 0.3 is 0 Å². The lowest BCUT2D eigenvalue weighted by Crippen LogP contribution is -2.87. The third-order valence-corrected chi connectivity index (χ3v) is 4.54. The number of carbonyl (C=O) groups excluding carboxylic acids is 1. The molecule has 0 saturated heterocycles. The van der Waals surface area contributed by atoms with Gasteiger partial charge in [-0.2, -0.15) is 5.26 Å². The van der Waals surface area contributed by atoms with E-state index >= 15 is 0 Å². The molecule has 0 radical (unpaired) electrons. The van der Waals surface area contributed by atoms with Crippen molar-refractivity contribution in [3.63, 3.8) is 0 Å². The molecule has 6 heteroatoms. The third kappa shape index (κ3) is 5.07. The van der Waals surface area contributed by atoms with Gasteiger partial charge in [-0.15, -0.1) is 0 Å². The average Bonchev–Trinajstić information content (AvgIpc) is 2.57. The van der Waals surface area contributed by atoms with Gasteiger partial charge in [-0.05, 0) is 30.3 Å². The van der Waals surface area contributed by atoms with E-state index in [1.807, 2.05) is 23.5 Å². The van der Waals surface area contributed by atoms with E-state index in [4.69, 9.17) is 16.9 Å². The van der Waals surface area contributed by atoms with Crippen molar-refractivity contribution in [2.45, 2.75) is 19.4 Å². The van der Waals surface area contributed by atoms with Gasteiger partial charge in [-0.25, -0.2) is 0 Å². The Balaban J connectivity index is 1.93. The highest BCUT2D eigenvalue weighted by molar-refractivity contribution is 9.10. The Morgan fingerprint density at radius 1 is 1.33 bits per heavy atom. The van der Waals surface area contributed by atoms with E-state index in [-0.39, 0.29) is 11.9 Å². The van der Waals surface area contributed by atoms with Crippen LogP contribution in [0.25, 0.3) is 0 Å². The van der Waals surface area contributed by atoms with Crippen molar-refractivity contribution < 1.29 is 10.1 Å². The molecule has 4 nitrogen and oxygen atoms in total. The quantitative estimate of drug-likeness (QED) is 0.768. The molecule has 0 heterocycles. The molecule has 0 aliphatic rings. The number of quaternary nitrogens is 1. The van der Waals surface area contributed by atoms with Crippen LogP contribution in [0.15, 0.2) is 46.9 Å². The summed E-state index contributed by atoms with van der Waals surface area (Å²) in [6, 6.07) is 15.2. The summed E-state index contributed by atoms with van der Waals surface area (Å²) in [4.78, 5) is 12.1. The fourth-order valence-corrected chi connectivity index (χ4v) is 2.88. The van der Waals surface area contributed by atoms with Crippen molar-refractivity contribution in [2.75, 3.05) is 11.9 Å². The Bertz CT molecular complexity index is 756. The van der Waals surface area contributed by atoms with Gasteiger partial charge < -0.3 is 10.6 Å². The molecular weight excluding hydrogens is 390 g/mol. The molecule has 0 aromatic heterocycles. The maximum absolute atomic E-state index is 12.1. The van der Waals surface area contributed by atoms with Gasteiger partial charge in [0.2, 0.25) is 0 Å². The molecule has 24 heavy (non-hydrogen) atoms. The van der Waals surface area contributed by atoms with Crippen LogP contribution in [0.4, 0.5) is 5.69 Å². The van der Waals surface area contributed by atoms with E-state index in [0.717, 1.165) is 10.9 Å². The number of nitrogens with two attached hydrogens (primary N) is 1. The number of rotatable bonds is 6. The zero-order valence-electron chi connectivity index (χ0n) is 13.2. The lowest BCUT2D eigenvalue weighted by molar-refractivity contribution is -0.686. The Morgan fingerprint density at radius 2 is 2.04 bits per heavy atom. The lowest BCUT2D eigenvalue weighted by atomic mass is 10.0. The molecule has 2 aromatic carbocycles. The van der Waals surface area contributed by atoms with Crippen LogP contribution in [-0.4, -0.2) is 12.5 Å². The molecule has 0 aliphatic carbocycles. The smallest absolute Gasteiger partial charge is 0.279 e. The first-order valence-corrected chi connectivity index (χ1v) is 8.79. The number of amides is 1. The molecule has 0 fully saturated rings. The maximum Gasteiger partial charge on any atom is 0.279 e. The summed E-state index contributed by atoms with van der Waals surface area (Å²) >= 11 is 9.40. The summed E-state index contributed by atoms with van der Waals surface area (Å²) in [5, 5.41) is 14.0. The van der Waals surface area contributed by atoms with Gasteiger partial charge in [0.1, 0.15) is 12.1 Å². The molecule has 0 spiro atoms. The van der Waals surface area contributed by atoms with Gasteiger partial charge in [-0.3, -0.25) is 4.79 Å². The molecule has 0 bridgehead atoms. The first-order chi connectivity index (χ1) is 11.5. The summed E-state index contributed by atoms with van der Waals surface area (Å²) in [7, 11) is 0. The van der Waals surface area contributed by atoms with Crippen molar-refractivity contribution in [1.29, 1.82) is 5.26 Å². The van der Waals surface area contributed by atoms with Gasteiger partial charge in [0.05, 0.1) is 10.6 Å². The summed E-state index contributed by atoms with van der Waals surface area (Å²) in [5.41, 5.74) is 2.17. The summed E-state index contributed by atoms with van der Waals surface area (Å²) in [6.07, 6.45) is 0.928. The Labute approximate surface area is 155 Å². The monoisotopic (exact) mass is 406 g/mol. The first kappa shape index (κ1) is 18.5. The molecule has 2 rings (SSSR count). The predicted molar refractivity (Wildman–Crippen MR) is 98.8 cm³/mol. The summed E-state index contributed by atoms with van der Waals surface area (Å²) in [6.45, 7) is 2.41.